The molecule has 0 atom stereocenters. The van der Waals surface area contributed by atoms with Crippen molar-refractivity contribution in [2.24, 2.45) is 0 Å². The number of anilines is 1. The monoisotopic (exact) mass is 128 g/mol. The second kappa shape index (κ2) is 1.89. The molecule has 0 fully saturated rings. The van der Waals surface area contributed by atoms with Gasteiger partial charge in [-0.05, 0) is 0 Å². The number of halogens is 1. The summed E-state index contributed by atoms with van der Waals surface area (Å²) in [5, 5.41) is 8.63. The molecule has 0 spiro atoms. The van der Waals surface area contributed by atoms with E-state index in [1.807, 2.05) is 0 Å². The van der Waals surface area contributed by atoms with E-state index in [0.29, 0.717) is 0 Å². The summed E-state index contributed by atoms with van der Waals surface area (Å²) in [5.41, 5.74) is 4.88. The Bertz CT molecular complexity index is 226. The molecular weight excluding hydrogens is 123 g/mol. The number of nitrogens with zero attached hydrogens (tertiary/aromatic N) is 1. The van der Waals surface area contributed by atoms with Crippen molar-refractivity contribution in [3.8, 4) is 5.75 Å². The third-order valence-electron chi connectivity index (χ3n) is 0.852. The molecule has 0 bridgehead atoms. The molecule has 48 valence electrons. The number of aromatic nitrogens is 1. The molecule has 1 heterocycles. The molecule has 0 aromatic carbocycles. The zero-order chi connectivity index (χ0) is 6.85. The molecule has 0 aliphatic rings. The fourth-order valence-electron chi connectivity index (χ4n) is 0.453. The lowest BCUT2D eigenvalue weighted by atomic mass is 10.4. The molecule has 1 rings (SSSR count). The third-order valence-corrected chi connectivity index (χ3v) is 0.852. The summed E-state index contributed by atoms with van der Waals surface area (Å²) in [4.78, 5) is 3.14. The maximum absolute atomic E-state index is 12.2. The average molecular weight is 128 g/mol. The second-order valence-corrected chi connectivity index (χ2v) is 1.57. The Balaban J connectivity index is 3.17. The molecule has 1 aromatic heterocycles. The molecule has 9 heavy (non-hydrogen) atoms. The van der Waals surface area contributed by atoms with Gasteiger partial charge in [-0.2, -0.15) is 4.39 Å². The van der Waals surface area contributed by atoms with Crippen LogP contribution in [0.3, 0.4) is 0 Å². The van der Waals surface area contributed by atoms with Crippen molar-refractivity contribution in [2.45, 2.75) is 0 Å². The molecule has 0 saturated carbocycles. The van der Waals surface area contributed by atoms with E-state index in [4.69, 9.17) is 10.8 Å². The van der Waals surface area contributed by atoms with Crippen LogP contribution in [-0.2, 0) is 0 Å². The van der Waals surface area contributed by atoms with E-state index in [-0.39, 0.29) is 11.4 Å². The number of nitrogens with two attached hydrogens (primary N) is 1. The number of hydrogen-bond acceptors (Lipinski definition) is 3. The summed E-state index contributed by atoms with van der Waals surface area (Å²) in [7, 11) is 0. The number of nitrogen functional groups attached to an aromatic ring is 1. The molecular formula is C5H5FN2O. The van der Waals surface area contributed by atoms with Crippen LogP contribution in [0.4, 0.5) is 10.1 Å². The van der Waals surface area contributed by atoms with Crippen LogP contribution in [0.15, 0.2) is 12.3 Å². The van der Waals surface area contributed by atoms with Crippen molar-refractivity contribution in [1.29, 1.82) is 0 Å². The van der Waals surface area contributed by atoms with Crippen LogP contribution in [-0.4, -0.2) is 10.1 Å². The van der Waals surface area contributed by atoms with Gasteiger partial charge in [0.15, 0.2) is 0 Å². The van der Waals surface area contributed by atoms with Crippen LogP contribution >= 0.6 is 0 Å². The maximum Gasteiger partial charge on any atom is 0.236 e. The SMILES string of the molecule is Nc1cc(O)cnc1F. The van der Waals surface area contributed by atoms with Gasteiger partial charge in [-0.15, -0.1) is 0 Å². The highest BCUT2D eigenvalue weighted by atomic mass is 19.1. The molecule has 3 nitrogen and oxygen atoms in total. The lowest BCUT2D eigenvalue weighted by molar-refractivity contribution is 0.468. The first-order chi connectivity index (χ1) is 4.20. The Morgan fingerprint density at radius 1 is 1.67 bits per heavy atom. The van der Waals surface area contributed by atoms with Crippen LogP contribution in [0, 0.1) is 5.95 Å². The van der Waals surface area contributed by atoms with E-state index in [1.54, 1.807) is 0 Å². The Morgan fingerprint density at radius 2 is 2.33 bits per heavy atom. The topological polar surface area (TPSA) is 59.1 Å². The van der Waals surface area contributed by atoms with Gasteiger partial charge < -0.3 is 10.8 Å². The minimum Gasteiger partial charge on any atom is -0.506 e. The molecule has 0 aliphatic carbocycles. The zero-order valence-electron chi connectivity index (χ0n) is 4.50. The van der Waals surface area contributed by atoms with Gasteiger partial charge in [-0.25, -0.2) is 4.98 Å². The lowest BCUT2D eigenvalue weighted by Gasteiger charge is -1.93. The highest BCUT2D eigenvalue weighted by Crippen LogP contribution is 2.12. The quantitative estimate of drug-likeness (QED) is 0.500. The predicted molar refractivity (Wildman–Crippen MR) is 30.3 cm³/mol. The Morgan fingerprint density at radius 3 is 2.78 bits per heavy atom. The minimum atomic E-state index is -0.757. The molecule has 0 amide bonds. The van der Waals surface area contributed by atoms with Crippen molar-refractivity contribution < 1.29 is 9.50 Å². The minimum absolute atomic E-state index is 0.131. The van der Waals surface area contributed by atoms with E-state index in [0.717, 1.165) is 12.3 Å². The average Bonchev–Trinajstić information content (AvgIpc) is 1.80. The highest BCUT2D eigenvalue weighted by Gasteiger charge is 1.97. The first-order valence-corrected chi connectivity index (χ1v) is 2.30. The first kappa shape index (κ1) is 5.81. The number of hydrogen-bond donors (Lipinski definition) is 2. The van der Waals surface area contributed by atoms with Crippen LogP contribution < -0.4 is 5.73 Å². The van der Waals surface area contributed by atoms with Crippen molar-refractivity contribution in [3.63, 3.8) is 0 Å². The van der Waals surface area contributed by atoms with Gasteiger partial charge in [0.1, 0.15) is 5.75 Å². The summed E-state index contributed by atoms with van der Waals surface area (Å²) in [6, 6.07) is 1.10. The Kier molecular flexibility index (Phi) is 1.22. The van der Waals surface area contributed by atoms with Crippen molar-refractivity contribution in [3.05, 3.63) is 18.2 Å². The maximum atomic E-state index is 12.2. The van der Waals surface area contributed by atoms with E-state index < -0.39 is 5.95 Å². The van der Waals surface area contributed by atoms with Gasteiger partial charge in [-0.1, -0.05) is 0 Å². The van der Waals surface area contributed by atoms with Gasteiger partial charge in [-0.3, -0.25) is 0 Å². The van der Waals surface area contributed by atoms with Crippen molar-refractivity contribution in [2.75, 3.05) is 5.73 Å². The Labute approximate surface area is 51.0 Å². The summed E-state index contributed by atoms with van der Waals surface area (Å²) in [6.07, 6.45) is 0.992. The van der Waals surface area contributed by atoms with E-state index >= 15 is 0 Å². The second-order valence-electron chi connectivity index (χ2n) is 1.57. The molecule has 0 saturated heterocycles. The van der Waals surface area contributed by atoms with Crippen molar-refractivity contribution in [1.82, 2.24) is 4.98 Å². The van der Waals surface area contributed by atoms with Gasteiger partial charge in [0.25, 0.3) is 0 Å². The molecule has 1 aromatic rings. The van der Waals surface area contributed by atoms with Crippen LogP contribution in [0.5, 0.6) is 5.75 Å². The number of rotatable bonds is 0. The predicted octanol–water partition coefficient (Wildman–Crippen LogP) is 0.508. The standard InChI is InChI=1S/C5H5FN2O/c6-5-4(7)1-3(9)2-8-5/h1-2,9H,7H2. The summed E-state index contributed by atoms with van der Waals surface area (Å²) in [6.45, 7) is 0. The van der Waals surface area contributed by atoms with E-state index in [9.17, 15) is 4.39 Å². The van der Waals surface area contributed by atoms with Crippen LogP contribution in [0.25, 0.3) is 0 Å². The smallest absolute Gasteiger partial charge is 0.236 e. The van der Waals surface area contributed by atoms with Gasteiger partial charge in [0.05, 0.1) is 11.9 Å². The number of pyridine rings is 1. The molecule has 0 aliphatic heterocycles. The lowest BCUT2D eigenvalue weighted by Crippen LogP contribution is -1.91. The molecule has 0 unspecified atom stereocenters. The van der Waals surface area contributed by atoms with Crippen molar-refractivity contribution >= 4 is 5.69 Å². The van der Waals surface area contributed by atoms with Crippen LogP contribution in [0.1, 0.15) is 0 Å². The summed E-state index contributed by atoms with van der Waals surface area (Å²) < 4.78 is 12.2. The first-order valence-electron chi connectivity index (χ1n) is 2.30. The summed E-state index contributed by atoms with van der Waals surface area (Å²) in [5.74, 6) is -0.887. The van der Waals surface area contributed by atoms with E-state index in [1.165, 1.54) is 0 Å². The number of aromatic hydroxyl groups is 1. The van der Waals surface area contributed by atoms with Gasteiger partial charge >= 0.3 is 0 Å². The normalized spacial score (nSPS) is 9.44. The van der Waals surface area contributed by atoms with Crippen LogP contribution in [0.2, 0.25) is 0 Å². The van der Waals surface area contributed by atoms with Gasteiger partial charge in [0, 0.05) is 6.07 Å². The molecule has 0 radical (unpaired) electrons. The Hall–Kier alpha value is -1.32. The fraction of sp³-hybridized carbons (Fsp3) is 0. The summed E-state index contributed by atoms with van der Waals surface area (Å²) >= 11 is 0. The molecule has 3 N–H and O–H groups in total. The van der Waals surface area contributed by atoms with Gasteiger partial charge in [0.2, 0.25) is 5.95 Å². The third kappa shape index (κ3) is 1.07. The largest absolute Gasteiger partial charge is 0.506 e. The fourth-order valence-corrected chi connectivity index (χ4v) is 0.453. The zero-order valence-corrected chi connectivity index (χ0v) is 4.50. The molecule has 4 heteroatoms. The highest BCUT2D eigenvalue weighted by molar-refractivity contribution is 5.40. The van der Waals surface area contributed by atoms with E-state index in [2.05, 4.69) is 4.98 Å².